The van der Waals surface area contributed by atoms with Gasteiger partial charge in [-0.2, -0.15) is 0 Å². The zero-order valence-electron chi connectivity index (χ0n) is 16.0. The number of benzene rings is 2. The quantitative estimate of drug-likeness (QED) is 0.555. The van der Waals surface area contributed by atoms with E-state index in [4.69, 9.17) is 11.6 Å². The predicted molar refractivity (Wildman–Crippen MR) is 112 cm³/mol. The van der Waals surface area contributed by atoms with Crippen molar-refractivity contribution >= 4 is 21.4 Å². The van der Waals surface area contributed by atoms with Gasteiger partial charge in [0.05, 0.1) is 24.2 Å². The highest BCUT2D eigenvalue weighted by atomic mass is 35.5. The normalized spacial score (nSPS) is 11.9. The molecule has 148 valence electrons. The molecule has 0 aliphatic heterocycles. The highest BCUT2D eigenvalue weighted by Crippen LogP contribution is 2.20. The van der Waals surface area contributed by atoms with Gasteiger partial charge in [-0.15, -0.1) is 0 Å². The molecule has 7 heteroatoms. The molecule has 0 unspecified atom stereocenters. The maximum absolute atomic E-state index is 12.5. The van der Waals surface area contributed by atoms with Crippen molar-refractivity contribution in [1.82, 2.24) is 14.5 Å². The second-order valence-corrected chi connectivity index (χ2v) is 9.35. The van der Waals surface area contributed by atoms with Gasteiger partial charge in [0.15, 0.2) is 0 Å². The van der Waals surface area contributed by atoms with Crippen LogP contribution in [0.5, 0.6) is 0 Å². The summed E-state index contributed by atoms with van der Waals surface area (Å²) in [6.45, 7) is 3.32. The van der Waals surface area contributed by atoms with Crippen LogP contribution in [0.2, 0.25) is 5.02 Å². The fourth-order valence-corrected chi connectivity index (χ4v) is 4.27. The maximum Gasteiger partial charge on any atom is 0.228 e. The van der Waals surface area contributed by atoms with Crippen LogP contribution in [0.4, 0.5) is 0 Å². The van der Waals surface area contributed by atoms with Crippen molar-refractivity contribution in [1.29, 1.82) is 0 Å². The summed E-state index contributed by atoms with van der Waals surface area (Å²) in [7, 11) is -1.43. The average Bonchev–Trinajstić information content (AvgIpc) is 3.07. The lowest BCUT2D eigenvalue weighted by molar-refractivity contribution is 0.309. The summed E-state index contributed by atoms with van der Waals surface area (Å²) in [6, 6.07) is 17.5. The third-order valence-corrected chi connectivity index (χ3v) is 6.58. The van der Waals surface area contributed by atoms with Crippen molar-refractivity contribution in [2.24, 2.45) is 0 Å². The summed E-state index contributed by atoms with van der Waals surface area (Å²) in [4.78, 5) is 6.35. The van der Waals surface area contributed by atoms with Crippen molar-refractivity contribution < 1.29 is 8.42 Å². The fraction of sp³-hybridized carbons (Fsp3) is 0.286. The minimum absolute atomic E-state index is 0.0215. The Balaban J connectivity index is 1.89. The summed E-state index contributed by atoms with van der Waals surface area (Å²) in [5.41, 5.74) is 2.91. The first kappa shape index (κ1) is 20.6. The van der Waals surface area contributed by atoms with Crippen LogP contribution in [0.25, 0.3) is 0 Å². The molecule has 0 spiro atoms. The van der Waals surface area contributed by atoms with Gasteiger partial charge in [0.2, 0.25) is 15.0 Å². The second kappa shape index (κ2) is 8.90. The van der Waals surface area contributed by atoms with E-state index in [1.165, 1.54) is 0 Å². The number of sulfone groups is 1. The van der Waals surface area contributed by atoms with Crippen molar-refractivity contribution in [3.63, 3.8) is 0 Å². The lowest BCUT2D eigenvalue weighted by atomic mass is 10.2. The van der Waals surface area contributed by atoms with Crippen molar-refractivity contribution in [2.75, 3.05) is 12.8 Å². The Morgan fingerprint density at radius 3 is 2.39 bits per heavy atom. The molecular formula is C21H24ClN3O2S. The minimum Gasteiger partial charge on any atom is -0.313 e. The summed E-state index contributed by atoms with van der Waals surface area (Å²) >= 11 is 6.27. The Hall–Kier alpha value is -2.15. The van der Waals surface area contributed by atoms with Crippen LogP contribution in [0, 0.1) is 0 Å². The molecule has 0 aliphatic rings. The Labute approximate surface area is 171 Å². The van der Waals surface area contributed by atoms with E-state index in [0.717, 1.165) is 21.8 Å². The molecule has 0 N–H and O–H groups in total. The third-order valence-electron chi connectivity index (χ3n) is 4.57. The first-order valence-electron chi connectivity index (χ1n) is 9.13. The van der Waals surface area contributed by atoms with E-state index in [-0.39, 0.29) is 10.9 Å². The summed E-state index contributed by atoms with van der Waals surface area (Å²) in [6.07, 6.45) is 1.66. The van der Waals surface area contributed by atoms with Crippen LogP contribution < -0.4 is 0 Å². The van der Waals surface area contributed by atoms with Crippen LogP contribution in [-0.2, 0) is 29.5 Å². The molecule has 28 heavy (non-hydrogen) atoms. The topological polar surface area (TPSA) is 55.2 Å². The predicted octanol–water partition coefficient (Wildman–Crippen LogP) is 4.01. The zero-order chi connectivity index (χ0) is 20.1. The van der Waals surface area contributed by atoms with Crippen LogP contribution in [-0.4, -0.2) is 35.7 Å². The minimum atomic E-state index is -3.42. The molecule has 0 amide bonds. The van der Waals surface area contributed by atoms with Gasteiger partial charge >= 0.3 is 0 Å². The van der Waals surface area contributed by atoms with E-state index in [1.54, 1.807) is 17.7 Å². The Bertz CT molecular complexity index is 1030. The third kappa shape index (κ3) is 4.82. The molecule has 1 aromatic heterocycles. The van der Waals surface area contributed by atoms with Gasteiger partial charge in [-0.1, -0.05) is 67.1 Å². The first-order chi connectivity index (χ1) is 13.4. The van der Waals surface area contributed by atoms with Crippen molar-refractivity contribution in [2.45, 2.75) is 31.7 Å². The molecule has 0 radical (unpaired) electrons. The highest BCUT2D eigenvalue weighted by Gasteiger charge is 2.22. The summed E-state index contributed by atoms with van der Waals surface area (Å²) in [5.74, 6) is 0.0215. The highest BCUT2D eigenvalue weighted by molar-refractivity contribution is 7.91. The Kier molecular flexibility index (Phi) is 6.54. The monoisotopic (exact) mass is 417 g/mol. The smallest absolute Gasteiger partial charge is 0.228 e. The standard InChI is InChI=1S/C21H24ClN3O2S/c1-3-28(26,27)21-23-13-19(25(21)14-17-9-5-4-6-10-17)16-24(2)15-18-11-7-8-12-20(18)22/h4-13H,3,14-16H2,1-2H3. The molecular weight excluding hydrogens is 394 g/mol. The van der Waals surface area contributed by atoms with Crippen LogP contribution in [0.15, 0.2) is 66.0 Å². The SMILES string of the molecule is CCS(=O)(=O)c1ncc(CN(C)Cc2ccccc2Cl)n1Cc1ccccc1. The lowest BCUT2D eigenvalue weighted by Gasteiger charge is -2.19. The van der Waals surface area contributed by atoms with Gasteiger partial charge in [-0.25, -0.2) is 13.4 Å². The molecule has 0 aliphatic carbocycles. The maximum atomic E-state index is 12.5. The zero-order valence-corrected chi connectivity index (χ0v) is 17.6. The first-order valence-corrected chi connectivity index (χ1v) is 11.2. The largest absolute Gasteiger partial charge is 0.313 e. The Morgan fingerprint density at radius 1 is 1.04 bits per heavy atom. The molecule has 0 fully saturated rings. The molecule has 0 atom stereocenters. The van der Waals surface area contributed by atoms with Gasteiger partial charge in [-0.05, 0) is 24.2 Å². The fourth-order valence-electron chi connectivity index (χ4n) is 3.08. The average molecular weight is 418 g/mol. The van der Waals surface area contributed by atoms with Gasteiger partial charge in [0, 0.05) is 18.1 Å². The number of nitrogens with zero attached hydrogens (tertiary/aromatic N) is 3. The van der Waals surface area contributed by atoms with Crippen molar-refractivity contribution in [3.05, 3.63) is 82.6 Å². The summed E-state index contributed by atoms with van der Waals surface area (Å²) < 4.78 is 26.9. The van der Waals surface area contributed by atoms with E-state index >= 15 is 0 Å². The number of imidazole rings is 1. The number of aromatic nitrogens is 2. The number of rotatable bonds is 8. The Morgan fingerprint density at radius 2 is 1.71 bits per heavy atom. The van der Waals surface area contributed by atoms with Crippen LogP contribution in [0.3, 0.4) is 0 Å². The van der Waals surface area contributed by atoms with Gasteiger partial charge in [0.1, 0.15) is 0 Å². The van der Waals surface area contributed by atoms with Crippen LogP contribution in [0.1, 0.15) is 23.7 Å². The summed E-state index contributed by atoms with van der Waals surface area (Å²) in [5, 5.41) is 0.849. The molecule has 3 aromatic rings. The van der Waals surface area contributed by atoms with Crippen molar-refractivity contribution in [3.8, 4) is 0 Å². The van der Waals surface area contributed by atoms with Gasteiger partial charge in [-0.3, -0.25) is 4.90 Å². The molecule has 3 rings (SSSR count). The second-order valence-electron chi connectivity index (χ2n) is 6.77. The lowest BCUT2D eigenvalue weighted by Crippen LogP contribution is -2.21. The number of halogens is 1. The molecule has 0 saturated carbocycles. The number of hydrogen-bond acceptors (Lipinski definition) is 4. The van der Waals surface area contributed by atoms with E-state index in [0.29, 0.717) is 19.6 Å². The van der Waals surface area contributed by atoms with E-state index in [9.17, 15) is 8.42 Å². The van der Waals surface area contributed by atoms with Gasteiger partial charge < -0.3 is 4.57 Å². The molecule has 1 heterocycles. The van der Waals surface area contributed by atoms with Gasteiger partial charge in [0.25, 0.3) is 0 Å². The molecule has 0 bridgehead atoms. The molecule has 5 nitrogen and oxygen atoms in total. The van der Waals surface area contributed by atoms with E-state index in [1.807, 2.05) is 61.6 Å². The van der Waals surface area contributed by atoms with E-state index in [2.05, 4.69) is 9.88 Å². The van der Waals surface area contributed by atoms with E-state index < -0.39 is 9.84 Å². The molecule has 2 aromatic carbocycles. The number of hydrogen-bond donors (Lipinski definition) is 0. The van der Waals surface area contributed by atoms with Crippen LogP contribution >= 0.6 is 11.6 Å². The molecule has 0 saturated heterocycles.